The third-order valence-corrected chi connectivity index (χ3v) is 7.95. The molecule has 2 saturated heterocycles. The number of hydrogen-bond acceptors (Lipinski definition) is 9. The predicted molar refractivity (Wildman–Crippen MR) is 160 cm³/mol. The van der Waals surface area contributed by atoms with Crippen molar-refractivity contribution >= 4 is 34.8 Å². The average Bonchev–Trinajstić information content (AvgIpc) is 3.51. The molecule has 17 heteroatoms. The number of nitrogens with zero attached hydrogens (tertiary/aromatic N) is 6. The highest BCUT2D eigenvalue weighted by molar-refractivity contribution is 6.33. The summed E-state index contributed by atoms with van der Waals surface area (Å²) in [5, 5.41) is 13.6. The fraction of sp³-hybridized carbons (Fsp3) is 0.464. The van der Waals surface area contributed by atoms with Crippen molar-refractivity contribution in [3.8, 4) is 5.69 Å². The number of likely N-dealkylation sites (N-methyl/N-ethyl adjacent to an activating group) is 1. The number of pyridine rings is 1. The van der Waals surface area contributed by atoms with Crippen LogP contribution in [0.25, 0.3) is 5.69 Å². The number of aromatic amines is 1. The molecule has 3 N–H and O–H groups in total. The Labute approximate surface area is 261 Å². The quantitative estimate of drug-likeness (QED) is 0.297. The Morgan fingerprint density at radius 2 is 1.78 bits per heavy atom. The van der Waals surface area contributed by atoms with Gasteiger partial charge in [0.1, 0.15) is 0 Å². The van der Waals surface area contributed by atoms with Crippen LogP contribution >= 0.6 is 11.6 Å². The zero-order chi connectivity index (χ0) is 32.1. The lowest BCUT2D eigenvalue weighted by Crippen LogP contribution is -2.44. The number of benzene rings is 1. The van der Waals surface area contributed by atoms with Crippen LogP contribution in [0.5, 0.6) is 0 Å². The minimum absolute atomic E-state index is 0.0363. The van der Waals surface area contributed by atoms with Crippen molar-refractivity contribution in [3.05, 3.63) is 62.8 Å². The lowest BCUT2D eigenvalue weighted by Gasteiger charge is -2.35. The van der Waals surface area contributed by atoms with Crippen LogP contribution in [0.1, 0.15) is 32.8 Å². The number of piperazine rings is 1. The van der Waals surface area contributed by atoms with Crippen molar-refractivity contribution in [2.45, 2.75) is 12.6 Å². The summed E-state index contributed by atoms with van der Waals surface area (Å²) in [6.45, 7) is 6.91. The number of nitrogens with one attached hydrogen (secondary N) is 3. The van der Waals surface area contributed by atoms with E-state index in [0.29, 0.717) is 57.7 Å². The number of anilines is 2. The van der Waals surface area contributed by atoms with Crippen molar-refractivity contribution in [1.29, 1.82) is 0 Å². The molecule has 1 aromatic carbocycles. The topological polar surface area (TPSA) is 141 Å². The van der Waals surface area contributed by atoms with E-state index >= 15 is 0 Å². The van der Waals surface area contributed by atoms with Gasteiger partial charge in [0.2, 0.25) is 5.56 Å². The Bertz CT molecular complexity index is 1580. The molecule has 0 spiro atoms. The maximum absolute atomic E-state index is 13.7. The maximum Gasteiger partial charge on any atom is 0.417 e. The summed E-state index contributed by atoms with van der Waals surface area (Å²) < 4.78 is 47.7. The van der Waals surface area contributed by atoms with Gasteiger partial charge in [-0.15, -0.1) is 5.10 Å². The summed E-state index contributed by atoms with van der Waals surface area (Å²) in [4.78, 5) is 46.1. The monoisotopic (exact) mass is 651 g/mol. The molecule has 0 saturated carbocycles. The van der Waals surface area contributed by atoms with E-state index in [-0.39, 0.29) is 22.1 Å². The van der Waals surface area contributed by atoms with Crippen LogP contribution in [-0.2, 0) is 10.9 Å². The molecule has 2 aromatic heterocycles. The van der Waals surface area contributed by atoms with Gasteiger partial charge >= 0.3 is 6.18 Å². The van der Waals surface area contributed by atoms with Crippen molar-refractivity contribution < 1.29 is 27.5 Å². The highest BCUT2D eigenvalue weighted by Crippen LogP contribution is 2.36. The molecule has 2 aliphatic rings. The molecule has 13 nitrogen and oxygen atoms in total. The Morgan fingerprint density at radius 3 is 2.49 bits per heavy atom. The molecule has 0 radical (unpaired) electrons. The largest absolute Gasteiger partial charge is 0.417 e. The molecule has 242 valence electrons. The van der Waals surface area contributed by atoms with Gasteiger partial charge in [-0.2, -0.15) is 13.2 Å². The molecule has 2 aliphatic heterocycles. The SMILES string of the molecule is CN1CCN(c2cc(Cl)c(-n3cc(C(=O)NCCCN4CCOCC4)nn3)cc2NC(=O)c2c[nH]c(=O)cc2C(F)(F)F)CC1. The number of H-pyrrole nitrogens is 1. The number of rotatable bonds is 9. The standard InChI is InChI=1S/C28H33ClF3N9O4/c1-38-5-7-40(8-6-38)24-14-20(29)23(15-21(24)35-26(43)18-16-34-25(42)13-19(18)28(30,31)32)41-17-22(36-37-41)27(44)33-3-2-4-39-9-11-45-12-10-39/h13-17H,2-12H2,1H3,(H,33,44)(H,34,42)(H,35,43). The Hall–Kier alpha value is -3.99. The summed E-state index contributed by atoms with van der Waals surface area (Å²) in [6, 6.07) is 3.39. The summed E-state index contributed by atoms with van der Waals surface area (Å²) in [5.74, 6) is -1.52. The number of alkyl halides is 3. The summed E-state index contributed by atoms with van der Waals surface area (Å²) >= 11 is 6.66. The van der Waals surface area contributed by atoms with Gasteiger partial charge in [-0.1, -0.05) is 16.8 Å². The van der Waals surface area contributed by atoms with Gasteiger partial charge in [0.25, 0.3) is 11.8 Å². The first kappa shape index (κ1) is 32.4. The number of amides is 2. The second-order valence-corrected chi connectivity index (χ2v) is 11.2. The smallest absolute Gasteiger partial charge is 0.379 e. The molecule has 4 heterocycles. The van der Waals surface area contributed by atoms with Crippen LogP contribution in [-0.4, -0.2) is 114 Å². The van der Waals surface area contributed by atoms with Gasteiger partial charge in [-0.3, -0.25) is 19.3 Å². The molecule has 5 rings (SSSR count). The van der Waals surface area contributed by atoms with E-state index in [1.54, 1.807) is 6.07 Å². The van der Waals surface area contributed by atoms with E-state index in [4.69, 9.17) is 16.3 Å². The minimum Gasteiger partial charge on any atom is -0.379 e. The fourth-order valence-corrected chi connectivity index (χ4v) is 5.37. The van der Waals surface area contributed by atoms with Crippen LogP contribution in [0.3, 0.4) is 0 Å². The molecule has 0 atom stereocenters. The van der Waals surface area contributed by atoms with E-state index in [2.05, 4.69) is 35.7 Å². The Balaban J connectivity index is 1.38. The van der Waals surface area contributed by atoms with Crippen molar-refractivity contribution in [2.24, 2.45) is 0 Å². The average molecular weight is 652 g/mol. The maximum atomic E-state index is 13.7. The number of morpholine rings is 1. The molecular weight excluding hydrogens is 619 g/mol. The molecule has 3 aromatic rings. The van der Waals surface area contributed by atoms with E-state index in [1.165, 1.54) is 16.9 Å². The fourth-order valence-electron chi connectivity index (χ4n) is 5.13. The first-order valence-electron chi connectivity index (χ1n) is 14.4. The van der Waals surface area contributed by atoms with Gasteiger partial charge in [-0.05, 0) is 32.1 Å². The highest BCUT2D eigenvalue weighted by Gasteiger charge is 2.36. The number of carbonyl (C=O) groups excluding carboxylic acids is 2. The van der Waals surface area contributed by atoms with Gasteiger partial charge < -0.3 is 30.2 Å². The van der Waals surface area contributed by atoms with Crippen LogP contribution in [0, 0.1) is 0 Å². The normalized spacial score (nSPS) is 16.5. The second-order valence-electron chi connectivity index (χ2n) is 10.8. The van der Waals surface area contributed by atoms with E-state index in [1.807, 2.05) is 11.9 Å². The van der Waals surface area contributed by atoms with Gasteiger partial charge in [0, 0.05) is 58.1 Å². The first-order valence-corrected chi connectivity index (χ1v) is 14.8. The van der Waals surface area contributed by atoms with Crippen LogP contribution in [0.2, 0.25) is 5.02 Å². The highest BCUT2D eigenvalue weighted by atomic mass is 35.5. The third kappa shape index (κ3) is 8.00. The number of halogens is 4. The van der Waals surface area contributed by atoms with Gasteiger partial charge in [-0.25, -0.2) is 4.68 Å². The Morgan fingerprint density at radius 1 is 1.04 bits per heavy atom. The van der Waals surface area contributed by atoms with Crippen LogP contribution < -0.4 is 21.1 Å². The van der Waals surface area contributed by atoms with Gasteiger partial charge in [0.05, 0.1) is 52.6 Å². The van der Waals surface area contributed by atoms with Crippen molar-refractivity contribution in [3.63, 3.8) is 0 Å². The molecular formula is C28H33ClF3N9O4. The first-order chi connectivity index (χ1) is 21.5. The van der Waals surface area contributed by atoms with E-state index in [9.17, 15) is 27.6 Å². The van der Waals surface area contributed by atoms with Crippen LogP contribution in [0.4, 0.5) is 24.5 Å². The zero-order valence-corrected chi connectivity index (χ0v) is 25.2. The van der Waals surface area contributed by atoms with Crippen LogP contribution in [0.15, 0.2) is 35.4 Å². The lowest BCUT2D eigenvalue weighted by atomic mass is 10.1. The van der Waals surface area contributed by atoms with E-state index in [0.717, 1.165) is 32.3 Å². The second kappa shape index (κ2) is 14.0. The number of hydrogen-bond donors (Lipinski definition) is 3. The molecule has 0 aliphatic carbocycles. The zero-order valence-electron chi connectivity index (χ0n) is 24.5. The summed E-state index contributed by atoms with van der Waals surface area (Å²) in [7, 11) is 1.97. The lowest BCUT2D eigenvalue weighted by molar-refractivity contribution is -0.138. The number of ether oxygens (including phenoxy) is 1. The summed E-state index contributed by atoms with van der Waals surface area (Å²) in [5.41, 5.74) is -2.19. The molecule has 0 bridgehead atoms. The van der Waals surface area contributed by atoms with Gasteiger partial charge in [0.15, 0.2) is 5.69 Å². The van der Waals surface area contributed by atoms with Crippen molar-refractivity contribution in [2.75, 3.05) is 82.8 Å². The minimum atomic E-state index is -4.94. The molecule has 45 heavy (non-hydrogen) atoms. The third-order valence-electron chi connectivity index (χ3n) is 7.64. The van der Waals surface area contributed by atoms with E-state index < -0.39 is 34.7 Å². The molecule has 0 unspecified atom stereocenters. The number of aromatic nitrogens is 4. The molecule has 2 fully saturated rings. The molecule has 2 amide bonds. The van der Waals surface area contributed by atoms with Crippen molar-refractivity contribution in [1.82, 2.24) is 35.1 Å². The Kier molecular flexibility index (Phi) is 10.1. The number of carbonyl (C=O) groups is 2. The predicted octanol–water partition coefficient (Wildman–Crippen LogP) is 2.08. The summed E-state index contributed by atoms with van der Waals surface area (Å²) in [6.07, 6.45) is -2.08.